The van der Waals surface area contributed by atoms with Crippen LogP contribution in [0.5, 0.6) is 0 Å². The van der Waals surface area contributed by atoms with Gasteiger partial charge >= 0.3 is 6.18 Å². The summed E-state index contributed by atoms with van der Waals surface area (Å²) in [5, 5.41) is 0.450. The number of hydrogen-bond acceptors (Lipinski definition) is 4. The Hall–Kier alpha value is -2.71. The normalized spacial score (nSPS) is 12.4. The van der Waals surface area contributed by atoms with Crippen molar-refractivity contribution in [2.24, 2.45) is 0 Å². The van der Waals surface area contributed by atoms with Gasteiger partial charge in [-0.1, -0.05) is 24.3 Å². The number of aromatic nitrogens is 1. The van der Waals surface area contributed by atoms with Gasteiger partial charge in [-0.3, -0.25) is 4.98 Å². The molecule has 4 aromatic rings. The highest BCUT2D eigenvalue weighted by Crippen LogP contribution is 2.41. The number of benzene rings is 2. The molecule has 0 bridgehead atoms. The Morgan fingerprint density at radius 3 is 2.23 bits per heavy atom. The average molecular weight is 448 g/mol. The smallest absolute Gasteiger partial charge is 0.255 e. The SMILES string of the molecule is Cc1cnc2c(C(F)(F)F)cccc2c1-c1ccc(-c2ccc(S(C)(=O)=O)cc2)s1. The first kappa shape index (κ1) is 20.6. The van der Waals surface area contributed by atoms with Gasteiger partial charge in [0.25, 0.3) is 0 Å². The van der Waals surface area contributed by atoms with Crippen LogP contribution in [0.4, 0.5) is 13.2 Å². The van der Waals surface area contributed by atoms with Crippen LogP contribution in [0.3, 0.4) is 0 Å². The number of pyridine rings is 1. The van der Waals surface area contributed by atoms with Crippen LogP contribution < -0.4 is 0 Å². The summed E-state index contributed by atoms with van der Waals surface area (Å²) in [6.07, 6.45) is -1.87. The molecule has 0 aliphatic heterocycles. The molecule has 2 aromatic carbocycles. The molecule has 0 N–H and O–H groups in total. The van der Waals surface area contributed by atoms with Crippen LogP contribution in [0, 0.1) is 6.92 Å². The Kier molecular flexibility index (Phi) is 4.94. The van der Waals surface area contributed by atoms with E-state index in [2.05, 4.69) is 4.98 Å². The molecule has 2 heterocycles. The maximum absolute atomic E-state index is 13.4. The Morgan fingerprint density at radius 2 is 1.60 bits per heavy atom. The Bertz CT molecular complexity index is 1360. The lowest BCUT2D eigenvalue weighted by molar-refractivity contribution is -0.136. The van der Waals surface area contributed by atoms with Gasteiger partial charge in [0, 0.05) is 33.2 Å². The predicted molar refractivity (Wildman–Crippen MR) is 113 cm³/mol. The summed E-state index contributed by atoms with van der Waals surface area (Å²) in [5.74, 6) is 0. The zero-order chi connectivity index (χ0) is 21.7. The van der Waals surface area contributed by atoms with E-state index in [4.69, 9.17) is 0 Å². The van der Waals surface area contributed by atoms with Crippen molar-refractivity contribution in [2.45, 2.75) is 18.0 Å². The van der Waals surface area contributed by atoms with Gasteiger partial charge in [-0.25, -0.2) is 8.42 Å². The predicted octanol–water partition coefficient (Wildman–Crippen LogP) is 6.36. The van der Waals surface area contributed by atoms with Crippen molar-refractivity contribution >= 4 is 32.1 Å². The molecule has 0 saturated heterocycles. The molecule has 3 nitrogen and oxygen atoms in total. The minimum absolute atomic E-state index is 0.0712. The Balaban J connectivity index is 1.83. The van der Waals surface area contributed by atoms with Crippen LogP contribution in [0.25, 0.3) is 31.8 Å². The van der Waals surface area contributed by atoms with E-state index in [0.29, 0.717) is 5.39 Å². The molecule has 0 saturated carbocycles. The average Bonchev–Trinajstić information content (AvgIpc) is 3.15. The quantitative estimate of drug-likeness (QED) is 0.367. The van der Waals surface area contributed by atoms with Crippen molar-refractivity contribution in [3.05, 3.63) is 71.9 Å². The molecule has 0 atom stereocenters. The molecule has 154 valence electrons. The first-order chi connectivity index (χ1) is 14.1. The van der Waals surface area contributed by atoms with Gasteiger partial charge in [-0.15, -0.1) is 11.3 Å². The molecule has 0 aliphatic carbocycles. The van der Waals surface area contributed by atoms with E-state index in [1.807, 2.05) is 19.1 Å². The highest BCUT2D eigenvalue weighted by molar-refractivity contribution is 7.90. The summed E-state index contributed by atoms with van der Waals surface area (Å²) in [7, 11) is -3.28. The van der Waals surface area contributed by atoms with Gasteiger partial charge in [0.15, 0.2) is 9.84 Å². The van der Waals surface area contributed by atoms with Crippen molar-refractivity contribution in [2.75, 3.05) is 6.26 Å². The van der Waals surface area contributed by atoms with Crippen LogP contribution >= 0.6 is 11.3 Å². The fourth-order valence-corrected chi connectivity index (χ4v) is 5.14. The third-order valence-corrected chi connectivity index (χ3v) is 7.09. The number of fused-ring (bicyclic) bond motifs is 1. The highest BCUT2D eigenvalue weighted by Gasteiger charge is 2.33. The fraction of sp³-hybridized carbons (Fsp3) is 0.136. The lowest BCUT2D eigenvalue weighted by Gasteiger charge is -2.13. The van der Waals surface area contributed by atoms with E-state index in [0.717, 1.165) is 38.8 Å². The van der Waals surface area contributed by atoms with E-state index < -0.39 is 21.6 Å². The van der Waals surface area contributed by atoms with Crippen LogP contribution in [0.15, 0.2) is 65.7 Å². The molecular formula is C22H16F3NO2S2. The molecule has 4 rings (SSSR count). The first-order valence-corrected chi connectivity index (χ1v) is 11.6. The number of aryl methyl sites for hydroxylation is 1. The summed E-state index contributed by atoms with van der Waals surface area (Å²) >= 11 is 1.44. The number of thiophene rings is 1. The summed E-state index contributed by atoms with van der Waals surface area (Å²) in [4.78, 5) is 6.00. The van der Waals surface area contributed by atoms with E-state index in [1.54, 1.807) is 30.3 Å². The maximum Gasteiger partial charge on any atom is 0.418 e. The monoisotopic (exact) mass is 447 g/mol. The van der Waals surface area contributed by atoms with Crippen molar-refractivity contribution < 1.29 is 21.6 Å². The third kappa shape index (κ3) is 3.73. The van der Waals surface area contributed by atoms with Gasteiger partial charge < -0.3 is 0 Å². The molecule has 2 aromatic heterocycles. The summed E-state index contributed by atoms with van der Waals surface area (Å²) in [6.45, 7) is 1.82. The number of sulfone groups is 1. The number of halogens is 3. The molecule has 0 spiro atoms. The topological polar surface area (TPSA) is 47.0 Å². The maximum atomic E-state index is 13.4. The fourth-order valence-electron chi connectivity index (χ4n) is 3.37. The van der Waals surface area contributed by atoms with Crippen LogP contribution in [0.1, 0.15) is 11.1 Å². The molecule has 0 unspecified atom stereocenters. The summed E-state index contributed by atoms with van der Waals surface area (Å²) in [6, 6.07) is 14.4. The number of para-hydroxylation sites is 1. The number of alkyl halides is 3. The summed E-state index contributed by atoms with van der Waals surface area (Å²) < 4.78 is 63.5. The van der Waals surface area contributed by atoms with Gasteiger partial charge in [-0.05, 0) is 48.4 Å². The van der Waals surface area contributed by atoms with Gasteiger partial charge in [0.05, 0.1) is 16.0 Å². The van der Waals surface area contributed by atoms with Crippen molar-refractivity contribution in [3.63, 3.8) is 0 Å². The molecule has 0 amide bonds. The third-order valence-electron chi connectivity index (χ3n) is 4.81. The van der Waals surface area contributed by atoms with Gasteiger partial charge in [-0.2, -0.15) is 13.2 Å². The zero-order valence-corrected chi connectivity index (χ0v) is 17.6. The molecule has 0 fully saturated rings. The van der Waals surface area contributed by atoms with Gasteiger partial charge in [0.2, 0.25) is 0 Å². The molecule has 0 radical (unpaired) electrons. The summed E-state index contributed by atoms with van der Waals surface area (Å²) in [5.41, 5.74) is 1.51. The number of hydrogen-bond donors (Lipinski definition) is 0. The van der Waals surface area contributed by atoms with Crippen molar-refractivity contribution in [1.82, 2.24) is 4.98 Å². The second-order valence-corrected chi connectivity index (χ2v) is 10.1. The molecular weight excluding hydrogens is 431 g/mol. The van der Waals surface area contributed by atoms with Gasteiger partial charge in [0.1, 0.15) is 0 Å². The largest absolute Gasteiger partial charge is 0.418 e. The van der Waals surface area contributed by atoms with Crippen molar-refractivity contribution in [3.8, 4) is 20.9 Å². The molecule has 0 aliphatic rings. The Labute approximate surface area is 175 Å². The number of rotatable bonds is 3. The highest BCUT2D eigenvalue weighted by atomic mass is 32.2. The van der Waals surface area contributed by atoms with Crippen LogP contribution in [0.2, 0.25) is 0 Å². The van der Waals surface area contributed by atoms with Crippen LogP contribution in [-0.2, 0) is 16.0 Å². The minimum Gasteiger partial charge on any atom is -0.255 e. The lowest BCUT2D eigenvalue weighted by atomic mass is 10.00. The standard InChI is InChI=1S/C22H16F3NO2S2/c1-13-12-26-21-16(4-3-5-17(21)22(23,24)25)20(13)19-11-10-18(29-19)14-6-8-15(9-7-14)30(2,27)28/h3-12H,1-2H3. The second-order valence-electron chi connectivity index (χ2n) is 6.98. The second kappa shape index (κ2) is 7.21. The van der Waals surface area contributed by atoms with E-state index >= 15 is 0 Å². The lowest BCUT2D eigenvalue weighted by Crippen LogP contribution is -2.06. The van der Waals surface area contributed by atoms with Crippen LogP contribution in [-0.4, -0.2) is 19.7 Å². The van der Waals surface area contributed by atoms with Crippen molar-refractivity contribution in [1.29, 1.82) is 0 Å². The zero-order valence-electron chi connectivity index (χ0n) is 16.0. The number of nitrogens with zero attached hydrogens (tertiary/aromatic N) is 1. The minimum atomic E-state index is -4.49. The van der Waals surface area contributed by atoms with E-state index in [-0.39, 0.29) is 10.4 Å². The Morgan fingerprint density at radius 1 is 0.933 bits per heavy atom. The van der Waals surface area contributed by atoms with E-state index in [9.17, 15) is 21.6 Å². The first-order valence-electron chi connectivity index (χ1n) is 8.92. The molecule has 30 heavy (non-hydrogen) atoms. The van der Waals surface area contributed by atoms with E-state index in [1.165, 1.54) is 23.6 Å². The molecule has 8 heteroatoms.